The molecule has 1 saturated heterocycles. The number of thioether (sulfide) groups is 1. The molecule has 0 radical (unpaired) electrons. The second-order valence-electron chi connectivity index (χ2n) is 5.34. The summed E-state index contributed by atoms with van der Waals surface area (Å²) in [6.45, 7) is 1.97. The number of carbonyl (C=O) groups excluding carboxylic acids is 1. The molecule has 0 atom stereocenters. The molecule has 0 bridgehead atoms. The van der Waals surface area contributed by atoms with Crippen LogP contribution in [0.2, 0.25) is 0 Å². The highest BCUT2D eigenvalue weighted by molar-refractivity contribution is 8.19. The van der Waals surface area contributed by atoms with Crippen molar-refractivity contribution in [2.75, 3.05) is 6.54 Å². The van der Waals surface area contributed by atoms with E-state index in [0.29, 0.717) is 0 Å². The van der Waals surface area contributed by atoms with E-state index in [1.165, 1.54) is 29.2 Å². The molecule has 26 heavy (non-hydrogen) atoms. The van der Waals surface area contributed by atoms with Gasteiger partial charge in [-0.05, 0) is 43.0 Å². The third-order valence-electron chi connectivity index (χ3n) is 3.64. The van der Waals surface area contributed by atoms with Gasteiger partial charge < -0.3 is 0 Å². The lowest BCUT2D eigenvalue weighted by Gasteiger charge is -2.11. The molecule has 0 N–H and O–H groups in total. The van der Waals surface area contributed by atoms with Crippen molar-refractivity contribution in [1.82, 2.24) is 4.90 Å². The molecular weight excluding hydrogens is 375 g/mol. The minimum Gasteiger partial charge on any atom is -0.286 e. The molecule has 1 fully saturated rings. The van der Waals surface area contributed by atoms with Crippen molar-refractivity contribution in [3.63, 3.8) is 0 Å². The zero-order valence-electron chi connectivity index (χ0n) is 13.8. The van der Waals surface area contributed by atoms with Crippen molar-refractivity contribution in [3.8, 4) is 0 Å². The Bertz CT molecular complexity index is 1000. The molecule has 1 amide bonds. The SMILES string of the molecule is CCN1C(=O)/C(=C/c2ccccc2F)S/C1=N/S(=O)(=O)c1ccccc1. The molecule has 1 aliphatic heterocycles. The molecule has 2 aromatic rings. The Balaban J connectivity index is 1.99. The maximum absolute atomic E-state index is 13.8. The van der Waals surface area contributed by atoms with Crippen LogP contribution < -0.4 is 0 Å². The second kappa shape index (κ2) is 7.43. The van der Waals surface area contributed by atoms with Crippen molar-refractivity contribution >= 4 is 38.9 Å². The topological polar surface area (TPSA) is 66.8 Å². The Morgan fingerprint density at radius 2 is 1.77 bits per heavy atom. The molecule has 0 aromatic heterocycles. The normalized spacial score (nSPS) is 18.1. The number of amidine groups is 1. The Kier molecular flexibility index (Phi) is 5.24. The summed E-state index contributed by atoms with van der Waals surface area (Å²) in [5, 5.41) is 0.0592. The molecule has 0 spiro atoms. The first-order valence-electron chi connectivity index (χ1n) is 7.78. The van der Waals surface area contributed by atoms with E-state index in [2.05, 4.69) is 4.40 Å². The summed E-state index contributed by atoms with van der Waals surface area (Å²) < 4.78 is 42.6. The number of benzene rings is 2. The molecular formula is C18H15FN2O3S2. The Labute approximate surface area is 155 Å². The molecule has 8 heteroatoms. The number of sulfonamides is 1. The van der Waals surface area contributed by atoms with E-state index in [-0.39, 0.29) is 27.1 Å². The molecule has 1 aliphatic rings. The Hall–Kier alpha value is -2.45. The number of halogens is 1. The lowest BCUT2D eigenvalue weighted by Crippen LogP contribution is -2.29. The van der Waals surface area contributed by atoms with Crippen LogP contribution in [0.1, 0.15) is 12.5 Å². The number of hydrogen-bond acceptors (Lipinski definition) is 4. The quantitative estimate of drug-likeness (QED) is 0.750. The first-order chi connectivity index (χ1) is 12.4. The van der Waals surface area contributed by atoms with Gasteiger partial charge in [-0.15, -0.1) is 4.40 Å². The van der Waals surface area contributed by atoms with Gasteiger partial charge in [0.05, 0.1) is 9.80 Å². The van der Waals surface area contributed by atoms with Gasteiger partial charge in [0.2, 0.25) is 0 Å². The minimum atomic E-state index is -3.94. The van der Waals surface area contributed by atoms with Crippen molar-refractivity contribution in [2.24, 2.45) is 4.40 Å². The molecule has 134 valence electrons. The van der Waals surface area contributed by atoms with Gasteiger partial charge in [-0.25, -0.2) is 4.39 Å². The van der Waals surface area contributed by atoms with Crippen LogP contribution in [0.15, 0.2) is 68.8 Å². The largest absolute Gasteiger partial charge is 0.286 e. The van der Waals surface area contributed by atoms with Crippen molar-refractivity contribution in [2.45, 2.75) is 11.8 Å². The fourth-order valence-electron chi connectivity index (χ4n) is 2.34. The van der Waals surface area contributed by atoms with Crippen molar-refractivity contribution in [1.29, 1.82) is 0 Å². The Morgan fingerprint density at radius 3 is 2.42 bits per heavy atom. The van der Waals surface area contributed by atoms with Crippen molar-refractivity contribution in [3.05, 3.63) is 70.9 Å². The van der Waals surface area contributed by atoms with Gasteiger partial charge in [-0.3, -0.25) is 9.69 Å². The number of likely N-dealkylation sites (N-methyl/N-ethyl adjacent to an activating group) is 1. The smallest absolute Gasteiger partial charge is 0.284 e. The lowest BCUT2D eigenvalue weighted by molar-refractivity contribution is -0.122. The number of nitrogens with zero attached hydrogens (tertiary/aromatic N) is 2. The predicted octanol–water partition coefficient (Wildman–Crippen LogP) is 3.51. The zero-order chi connectivity index (χ0) is 18.7. The van der Waals surface area contributed by atoms with Gasteiger partial charge in [0.15, 0.2) is 5.17 Å². The van der Waals surface area contributed by atoms with Crippen LogP contribution in [0.5, 0.6) is 0 Å². The fourth-order valence-corrected chi connectivity index (χ4v) is 4.59. The fraction of sp³-hybridized carbons (Fsp3) is 0.111. The van der Waals surface area contributed by atoms with E-state index < -0.39 is 21.7 Å². The average molecular weight is 390 g/mol. The molecule has 3 rings (SSSR count). The van der Waals surface area contributed by atoms with Gasteiger partial charge in [0.25, 0.3) is 15.9 Å². The summed E-state index contributed by atoms with van der Waals surface area (Å²) in [5.41, 5.74) is 0.256. The van der Waals surface area contributed by atoms with E-state index in [0.717, 1.165) is 11.8 Å². The summed E-state index contributed by atoms with van der Waals surface area (Å²) in [4.78, 5) is 14.1. The second-order valence-corrected chi connectivity index (χ2v) is 7.96. The third-order valence-corrected chi connectivity index (χ3v) is 6.04. The number of amides is 1. The average Bonchev–Trinajstić information content (AvgIpc) is 2.91. The van der Waals surface area contributed by atoms with Gasteiger partial charge in [-0.2, -0.15) is 8.42 Å². The summed E-state index contributed by atoms with van der Waals surface area (Å²) in [6.07, 6.45) is 1.41. The van der Waals surface area contributed by atoms with Crippen LogP contribution >= 0.6 is 11.8 Å². The van der Waals surface area contributed by atoms with Crippen LogP contribution in [0.3, 0.4) is 0 Å². The Morgan fingerprint density at radius 1 is 1.12 bits per heavy atom. The van der Waals surface area contributed by atoms with Crippen LogP contribution in [0.4, 0.5) is 4.39 Å². The summed E-state index contributed by atoms with van der Waals surface area (Å²) in [6, 6.07) is 13.8. The zero-order valence-corrected chi connectivity index (χ0v) is 15.4. The summed E-state index contributed by atoms with van der Waals surface area (Å²) in [7, 11) is -3.94. The first kappa shape index (κ1) is 18.3. The highest BCUT2D eigenvalue weighted by atomic mass is 32.2. The van der Waals surface area contributed by atoms with Crippen LogP contribution in [0.25, 0.3) is 6.08 Å². The maximum atomic E-state index is 13.8. The van der Waals surface area contributed by atoms with Crippen LogP contribution in [0, 0.1) is 5.82 Å². The predicted molar refractivity (Wildman–Crippen MR) is 100 cm³/mol. The van der Waals surface area contributed by atoms with E-state index in [1.54, 1.807) is 43.3 Å². The van der Waals surface area contributed by atoms with Gasteiger partial charge in [0, 0.05) is 12.1 Å². The number of hydrogen-bond donors (Lipinski definition) is 0. The van der Waals surface area contributed by atoms with Gasteiger partial charge >= 0.3 is 0 Å². The van der Waals surface area contributed by atoms with E-state index in [1.807, 2.05) is 0 Å². The molecule has 0 unspecified atom stereocenters. The highest BCUT2D eigenvalue weighted by Gasteiger charge is 2.34. The van der Waals surface area contributed by atoms with Gasteiger partial charge in [-0.1, -0.05) is 36.4 Å². The first-order valence-corrected chi connectivity index (χ1v) is 10.0. The van der Waals surface area contributed by atoms with Crippen molar-refractivity contribution < 1.29 is 17.6 Å². The molecule has 2 aromatic carbocycles. The monoisotopic (exact) mass is 390 g/mol. The van der Waals surface area contributed by atoms with E-state index in [4.69, 9.17) is 0 Å². The molecule has 1 heterocycles. The molecule has 0 aliphatic carbocycles. The molecule has 0 saturated carbocycles. The van der Waals surface area contributed by atoms with E-state index >= 15 is 0 Å². The van der Waals surface area contributed by atoms with Crippen LogP contribution in [-0.4, -0.2) is 30.9 Å². The standard InChI is InChI=1S/C18H15FN2O3S2/c1-2-21-17(22)16(12-13-8-6-7-11-15(13)19)25-18(21)20-26(23,24)14-9-4-3-5-10-14/h3-12H,2H2,1H3/b16-12-,20-18+. The number of carbonyl (C=O) groups is 1. The van der Waals surface area contributed by atoms with Gasteiger partial charge in [0.1, 0.15) is 5.82 Å². The third kappa shape index (κ3) is 3.71. The van der Waals surface area contributed by atoms with Crippen LogP contribution in [-0.2, 0) is 14.8 Å². The molecule has 5 nitrogen and oxygen atoms in total. The lowest BCUT2D eigenvalue weighted by atomic mass is 10.2. The highest BCUT2D eigenvalue weighted by Crippen LogP contribution is 2.33. The minimum absolute atomic E-state index is 0.0446. The van der Waals surface area contributed by atoms with E-state index in [9.17, 15) is 17.6 Å². The number of rotatable bonds is 4. The summed E-state index contributed by atoms with van der Waals surface area (Å²) in [5.74, 6) is -0.860. The maximum Gasteiger partial charge on any atom is 0.284 e. The summed E-state index contributed by atoms with van der Waals surface area (Å²) >= 11 is 0.918.